The average Bonchev–Trinajstić information content (AvgIpc) is 2.17. The maximum atomic E-state index is 6.11. The van der Waals surface area contributed by atoms with Gasteiger partial charge in [0.1, 0.15) is 0 Å². The number of benzene rings is 1. The molecule has 0 fully saturated rings. The van der Waals surface area contributed by atoms with Crippen molar-refractivity contribution in [2.45, 2.75) is 39.3 Å². The molecule has 0 aromatic heterocycles. The Morgan fingerprint density at radius 1 is 1.38 bits per heavy atom. The second kappa shape index (κ2) is 6.02. The Balaban J connectivity index is 2.93. The van der Waals surface area contributed by atoms with Gasteiger partial charge in [0.2, 0.25) is 0 Å². The fourth-order valence-corrected chi connectivity index (χ4v) is 2.31. The highest BCUT2D eigenvalue weighted by molar-refractivity contribution is 5.26. The highest BCUT2D eigenvalue weighted by Gasteiger charge is 2.20. The maximum absolute atomic E-state index is 6.11. The molecule has 0 aliphatic rings. The number of hydrogen-bond acceptors (Lipinski definition) is 2. The molecule has 16 heavy (non-hydrogen) atoms. The van der Waals surface area contributed by atoms with Crippen LogP contribution in [-0.4, -0.2) is 24.5 Å². The van der Waals surface area contributed by atoms with Gasteiger partial charge in [-0.1, -0.05) is 36.8 Å². The molecule has 2 N–H and O–H groups in total. The third kappa shape index (κ3) is 3.32. The summed E-state index contributed by atoms with van der Waals surface area (Å²) >= 11 is 0. The van der Waals surface area contributed by atoms with Crippen LogP contribution in [0.2, 0.25) is 0 Å². The molecule has 90 valence electrons. The molecule has 0 heterocycles. The van der Waals surface area contributed by atoms with Crippen molar-refractivity contribution in [3.8, 4) is 0 Å². The molecule has 2 heteroatoms. The fourth-order valence-electron chi connectivity index (χ4n) is 2.31. The van der Waals surface area contributed by atoms with Gasteiger partial charge in [-0.25, -0.2) is 0 Å². The third-order valence-corrected chi connectivity index (χ3v) is 2.93. The summed E-state index contributed by atoms with van der Waals surface area (Å²) in [7, 11) is 2.15. The maximum Gasteiger partial charge on any atom is 0.0493 e. The van der Waals surface area contributed by atoms with Crippen molar-refractivity contribution in [1.82, 2.24) is 4.90 Å². The Labute approximate surface area is 99.5 Å². The van der Waals surface area contributed by atoms with Crippen molar-refractivity contribution >= 4 is 0 Å². The summed E-state index contributed by atoms with van der Waals surface area (Å²) in [5, 5.41) is 0. The van der Waals surface area contributed by atoms with E-state index in [4.69, 9.17) is 5.73 Å². The standard InChI is InChI=1S/C14H24N2/c1-5-9-16(4)14(12(3)15)13-8-6-7-11(2)10-13/h6-8,10,12,14H,5,9,15H2,1-4H3. The molecule has 0 aliphatic heterocycles. The van der Waals surface area contributed by atoms with E-state index in [1.54, 1.807) is 0 Å². The topological polar surface area (TPSA) is 29.3 Å². The van der Waals surface area contributed by atoms with Gasteiger partial charge < -0.3 is 5.73 Å². The molecule has 2 atom stereocenters. The van der Waals surface area contributed by atoms with E-state index >= 15 is 0 Å². The SMILES string of the molecule is CCCN(C)C(c1cccc(C)c1)C(C)N. The summed E-state index contributed by atoms with van der Waals surface area (Å²) in [6.45, 7) is 7.49. The molecule has 0 radical (unpaired) electrons. The largest absolute Gasteiger partial charge is 0.326 e. The molecule has 0 bridgehead atoms. The minimum absolute atomic E-state index is 0.151. The van der Waals surface area contributed by atoms with Gasteiger partial charge in [-0.3, -0.25) is 4.90 Å². The number of aryl methyl sites for hydroxylation is 1. The van der Waals surface area contributed by atoms with E-state index in [0.29, 0.717) is 6.04 Å². The first-order valence-corrected chi connectivity index (χ1v) is 6.08. The first kappa shape index (κ1) is 13.2. The first-order chi connectivity index (χ1) is 7.56. The van der Waals surface area contributed by atoms with Crippen molar-refractivity contribution in [1.29, 1.82) is 0 Å². The van der Waals surface area contributed by atoms with E-state index in [0.717, 1.165) is 13.0 Å². The average molecular weight is 220 g/mol. The summed E-state index contributed by atoms with van der Waals surface area (Å²) < 4.78 is 0. The van der Waals surface area contributed by atoms with Crippen LogP contribution in [0.5, 0.6) is 0 Å². The zero-order valence-electron chi connectivity index (χ0n) is 10.9. The van der Waals surface area contributed by atoms with Crippen molar-refractivity contribution < 1.29 is 0 Å². The number of rotatable bonds is 5. The predicted molar refractivity (Wildman–Crippen MR) is 70.5 cm³/mol. The molecular formula is C14H24N2. The minimum atomic E-state index is 0.151. The Morgan fingerprint density at radius 2 is 2.06 bits per heavy atom. The van der Waals surface area contributed by atoms with Gasteiger partial charge >= 0.3 is 0 Å². The second-order valence-corrected chi connectivity index (χ2v) is 4.70. The molecule has 0 spiro atoms. The predicted octanol–water partition coefficient (Wildman–Crippen LogP) is 2.73. The smallest absolute Gasteiger partial charge is 0.0493 e. The van der Waals surface area contributed by atoms with Crippen molar-refractivity contribution in [2.24, 2.45) is 5.73 Å². The molecular weight excluding hydrogens is 196 g/mol. The summed E-state index contributed by atoms with van der Waals surface area (Å²) in [5.74, 6) is 0. The van der Waals surface area contributed by atoms with Crippen LogP contribution in [0.15, 0.2) is 24.3 Å². The zero-order valence-corrected chi connectivity index (χ0v) is 10.9. The quantitative estimate of drug-likeness (QED) is 0.826. The lowest BCUT2D eigenvalue weighted by molar-refractivity contribution is 0.219. The van der Waals surface area contributed by atoms with Crippen LogP contribution in [-0.2, 0) is 0 Å². The Morgan fingerprint density at radius 3 is 2.56 bits per heavy atom. The molecule has 0 aliphatic carbocycles. The second-order valence-electron chi connectivity index (χ2n) is 4.70. The molecule has 1 rings (SSSR count). The highest BCUT2D eigenvalue weighted by atomic mass is 15.1. The molecule has 0 saturated heterocycles. The van der Waals surface area contributed by atoms with Gasteiger partial charge in [0.05, 0.1) is 0 Å². The number of likely N-dealkylation sites (N-methyl/N-ethyl adjacent to an activating group) is 1. The molecule has 2 unspecified atom stereocenters. The van der Waals surface area contributed by atoms with Crippen molar-refractivity contribution in [2.75, 3.05) is 13.6 Å². The van der Waals surface area contributed by atoms with E-state index in [-0.39, 0.29) is 6.04 Å². The zero-order chi connectivity index (χ0) is 12.1. The summed E-state index contributed by atoms with van der Waals surface area (Å²) in [6.07, 6.45) is 1.16. The van der Waals surface area contributed by atoms with E-state index in [1.165, 1.54) is 11.1 Å². The van der Waals surface area contributed by atoms with Gasteiger partial charge in [0.25, 0.3) is 0 Å². The van der Waals surface area contributed by atoms with Crippen LogP contribution in [0, 0.1) is 6.92 Å². The summed E-state index contributed by atoms with van der Waals surface area (Å²) in [5.41, 5.74) is 8.73. The summed E-state index contributed by atoms with van der Waals surface area (Å²) in [4.78, 5) is 2.35. The lowest BCUT2D eigenvalue weighted by Crippen LogP contribution is -2.37. The van der Waals surface area contributed by atoms with Crippen LogP contribution in [0.1, 0.15) is 37.4 Å². The molecule has 0 amide bonds. The molecule has 1 aromatic rings. The number of nitrogens with zero attached hydrogens (tertiary/aromatic N) is 1. The van der Waals surface area contributed by atoms with Crippen LogP contribution >= 0.6 is 0 Å². The van der Waals surface area contributed by atoms with Gasteiger partial charge in [-0.15, -0.1) is 0 Å². The molecule has 2 nitrogen and oxygen atoms in total. The van der Waals surface area contributed by atoms with E-state index in [9.17, 15) is 0 Å². The lowest BCUT2D eigenvalue weighted by Gasteiger charge is -2.31. The van der Waals surface area contributed by atoms with Gasteiger partial charge in [0, 0.05) is 12.1 Å². The number of nitrogens with two attached hydrogens (primary N) is 1. The lowest BCUT2D eigenvalue weighted by atomic mass is 9.98. The Bertz CT molecular complexity index is 320. The Kier molecular flexibility index (Phi) is 4.97. The highest BCUT2D eigenvalue weighted by Crippen LogP contribution is 2.23. The first-order valence-electron chi connectivity index (χ1n) is 6.08. The van der Waals surface area contributed by atoms with Crippen molar-refractivity contribution in [3.05, 3.63) is 35.4 Å². The van der Waals surface area contributed by atoms with E-state index in [1.807, 2.05) is 0 Å². The van der Waals surface area contributed by atoms with Gasteiger partial charge in [-0.05, 0) is 39.4 Å². The van der Waals surface area contributed by atoms with E-state index in [2.05, 4.69) is 57.0 Å². The third-order valence-electron chi connectivity index (χ3n) is 2.93. The van der Waals surface area contributed by atoms with Gasteiger partial charge in [-0.2, -0.15) is 0 Å². The normalized spacial score (nSPS) is 15.1. The Hall–Kier alpha value is -0.860. The number of hydrogen-bond donors (Lipinski definition) is 1. The fraction of sp³-hybridized carbons (Fsp3) is 0.571. The monoisotopic (exact) mass is 220 g/mol. The van der Waals surface area contributed by atoms with Crippen LogP contribution in [0.3, 0.4) is 0 Å². The minimum Gasteiger partial charge on any atom is -0.326 e. The van der Waals surface area contributed by atoms with E-state index < -0.39 is 0 Å². The van der Waals surface area contributed by atoms with Gasteiger partial charge in [0.15, 0.2) is 0 Å². The molecule has 0 saturated carbocycles. The molecule has 1 aromatic carbocycles. The van der Waals surface area contributed by atoms with Crippen LogP contribution in [0.25, 0.3) is 0 Å². The van der Waals surface area contributed by atoms with Crippen LogP contribution < -0.4 is 5.73 Å². The summed E-state index contributed by atoms with van der Waals surface area (Å²) in [6, 6.07) is 9.12. The van der Waals surface area contributed by atoms with Crippen LogP contribution in [0.4, 0.5) is 0 Å². The van der Waals surface area contributed by atoms with Crippen molar-refractivity contribution in [3.63, 3.8) is 0 Å².